The highest BCUT2D eigenvalue weighted by Crippen LogP contribution is 2.25. The Kier molecular flexibility index (Phi) is 7.17. The normalized spacial score (nSPS) is 14.8. The zero-order chi connectivity index (χ0) is 17.6. The maximum atomic E-state index is 13.0. The average Bonchev–Trinajstić information content (AvgIpc) is 2.64. The quantitative estimate of drug-likeness (QED) is 0.730. The van der Waals surface area contributed by atoms with E-state index in [1.54, 1.807) is 13.3 Å². The summed E-state index contributed by atoms with van der Waals surface area (Å²) in [5, 5.41) is 4.37. The minimum atomic E-state index is -0.251. The summed E-state index contributed by atoms with van der Waals surface area (Å²) in [7, 11) is 3.71. The van der Waals surface area contributed by atoms with Gasteiger partial charge in [-0.3, -0.25) is 4.79 Å². The molecule has 7 nitrogen and oxygen atoms in total. The van der Waals surface area contributed by atoms with Crippen molar-refractivity contribution in [3.63, 3.8) is 0 Å². The number of hydrogen-bond donors (Lipinski definition) is 0. The van der Waals surface area contributed by atoms with Gasteiger partial charge in [-0.15, -0.1) is 0 Å². The van der Waals surface area contributed by atoms with Crippen LogP contribution >= 0.6 is 0 Å². The fraction of sp³-hybridized carbons (Fsp3) is 0.474. The first-order chi connectivity index (χ1) is 12.2. The first-order valence-corrected chi connectivity index (χ1v) is 8.43. The van der Waals surface area contributed by atoms with Crippen molar-refractivity contribution >= 4 is 5.69 Å². The number of benzene rings is 1. The van der Waals surface area contributed by atoms with Gasteiger partial charge in [0.05, 0.1) is 18.5 Å². The fourth-order valence-corrected chi connectivity index (χ4v) is 2.82. The lowest BCUT2D eigenvalue weighted by molar-refractivity contribution is 0.145. The summed E-state index contributed by atoms with van der Waals surface area (Å²) in [5.41, 5.74) is 1.22. The highest BCUT2D eigenvalue weighted by Gasteiger charge is 2.22. The third-order valence-electron chi connectivity index (χ3n) is 4.29. The number of ether oxygens (including phenoxy) is 2. The monoisotopic (exact) mass is 360 g/mol. The van der Waals surface area contributed by atoms with Crippen molar-refractivity contribution in [1.29, 1.82) is 0 Å². The Hall–Kier alpha value is -2.38. The van der Waals surface area contributed by atoms with Crippen molar-refractivity contribution in [3.05, 3.63) is 46.9 Å². The maximum absolute atomic E-state index is 13.0. The summed E-state index contributed by atoms with van der Waals surface area (Å²) in [6.45, 7) is 4.32. The van der Waals surface area contributed by atoms with Crippen molar-refractivity contribution in [2.75, 3.05) is 58.5 Å². The van der Waals surface area contributed by atoms with Crippen molar-refractivity contribution < 1.29 is 9.47 Å². The molecule has 0 radical (unpaired) electrons. The van der Waals surface area contributed by atoms with Crippen LogP contribution in [0.15, 0.2) is 41.3 Å². The van der Waals surface area contributed by atoms with Crippen LogP contribution in [0.4, 0.5) is 5.69 Å². The van der Waals surface area contributed by atoms with Gasteiger partial charge in [0.2, 0.25) is 5.75 Å². The fourth-order valence-electron chi connectivity index (χ4n) is 2.82. The van der Waals surface area contributed by atoms with Gasteiger partial charge in [0.15, 0.2) is 0 Å². The van der Waals surface area contributed by atoms with E-state index in [-0.39, 0.29) is 13.0 Å². The minimum Gasteiger partial charge on any atom is -0.484 e. The van der Waals surface area contributed by atoms with E-state index < -0.39 is 0 Å². The lowest BCUT2D eigenvalue weighted by Gasteiger charge is -2.34. The number of nitrogens with zero attached hydrogens (tertiary/aromatic N) is 4. The van der Waals surface area contributed by atoms with E-state index in [2.05, 4.69) is 21.9 Å². The van der Waals surface area contributed by atoms with Crippen LogP contribution in [-0.2, 0) is 4.74 Å². The molecule has 0 spiro atoms. The number of likely N-dealkylation sites (N-methyl/N-ethyl adjacent to an activating group) is 1. The molecule has 1 saturated heterocycles. The van der Waals surface area contributed by atoms with Gasteiger partial charge < -0.3 is 19.3 Å². The Labute approximate surface area is 154 Å². The molecule has 1 fully saturated rings. The summed E-state index contributed by atoms with van der Waals surface area (Å²) < 4.78 is 12.2. The van der Waals surface area contributed by atoms with Crippen molar-refractivity contribution in [1.82, 2.24) is 14.7 Å². The van der Waals surface area contributed by atoms with Gasteiger partial charge in [0.1, 0.15) is 12.3 Å². The van der Waals surface area contributed by atoms with Crippen LogP contribution in [0, 0.1) is 0 Å². The van der Waals surface area contributed by atoms with Gasteiger partial charge >= 0.3 is 5.56 Å². The average molecular weight is 360 g/mol. The van der Waals surface area contributed by atoms with Crippen molar-refractivity contribution in [2.45, 2.75) is 7.43 Å². The molecule has 142 valence electrons. The zero-order valence-electron chi connectivity index (χ0n) is 14.7. The van der Waals surface area contributed by atoms with Crippen LogP contribution in [0.2, 0.25) is 0 Å². The number of aromatic nitrogens is 2. The number of para-hydroxylation sites is 1. The van der Waals surface area contributed by atoms with Crippen LogP contribution < -0.4 is 15.2 Å². The number of anilines is 1. The summed E-state index contributed by atoms with van der Waals surface area (Å²) in [6.07, 6.45) is 1.72. The standard InChI is InChI=1S/C18H24N4O3.CH4/c1-20-8-10-21(11-9-20)16-14-19-22(15-6-4-3-5-7-15)18(23)17(16)25-13-12-24-2;/h3-7,14H,8-13H2,1-2H3;1H4. The first kappa shape index (κ1) is 19.9. The lowest BCUT2D eigenvalue weighted by atomic mass is 10.2. The predicted octanol–water partition coefficient (Wildman–Crippen LogP) is 1.65. The second kappa shape index (κ2) is 9.35. The molecule has 2 aromatic rings. The van der Waals surface area contributed by atoms with Gasteiger partial charge in [-0.05, 0) is 19.2 Å². The molecule has 1 aliphatic rings. The molecule has 0 aliphatic carbocycles. The van der Waals surface area contributed by atoms with E-state index >= 15 is 0 Å². The summed E-state index contributed by atoms with van der Waals surface area (Å²) in [6, 6.07) is 9.36. The summed E-state index contributed by atoms with van der Waals surface area (Å²) in [5.74, 6) is 0.334. The van der Waals surface area contributed by atoms with E-state index in [0.717, 1.165) is 31.9 Å². The maximum Gasteiger partial charge on any atom is 0.316 e. The molecule has 1 aromatic carbocycles. The van der Waals surface area contributed by atoms with Gasteiger partial charge in [-0.1, -0.05) is 25.6 Å². The molecule has 7 heteroatoms. The Balaban J connectivity index is 0.00000243. The molecule has 0 N–H and O–H groups in total. The molecule has 3 rings (SSSR count). The van der Waals surface area contributed by atoms with Gasteiger partial charge in [0, 0.05) is 33.3 Å². The molecular formula is C19H28N4O3. The van der Waals surface area contributed by atoms with Crippen LogP contribution in [-0.4, -0.2) is 68.2 Å². The lowest BCUT2D eigenvalue weighted by Crippen LogP contribution is -2.45. The highest BCUT2D eigenvalue weighted by atomic mass is 16.5. The molecule has 0 bridgehead atoms. The number of piperazine rings is 1. The third-order valence-corrected chi connectivity index (χ3v) is 4.29. The summed E-state index contributed by atoms with van der Waals surface area (Å²) >= 11 is 0. The molecule has 0 saturated carbocycles. The van der Waals surface area contributed by atoms with E-state index in [0.29, 0.717) is 24.7 Å². The SMILES string of the molecule is C.COCCOc1c(N2CCN(C)CC2)cnn(-c2ccccc2)c1=O. The number of methoxy groups -OCH3 is 1. The van der Waals surface area contributed by atoms with Crippen molar-refractivity contribution in [3.8, 4) is 11.4 Å². The Morgan fingerprint density at radius 1 is 1.08 bits per heavy atom. The zero-order valence-corrected chi connectivity index (χ0v) is 14.7. The number of hydrogen-bond acceptors (Lipinski definition) is 6. The van der Waals surface area contributed by atoms with Crippen LogP contribution in [0.1, 0.15) is 7.43 Å². The second-order valence-electron chi connectivity index (χ2n) is 6.04. The molecule has 1 aromatic heterocycles. The number of rotatable bonds is 6. The Morgan fingerprint density at radius 3 is 2.42 bits per heavy atom. The molecule has 0 atom stereocenters. The third kappa shape index (κ3) is 4.42. The first-order valence-electron chi connectivity index (χ1n) is 8.43. The van der Waals surface area contributed by atoms with Gasteiger partial charge in [-0.25, -0.2) is 0 Å². The topological polar surface area (TPSA) is 59.8 Å². The smallest absolute Gasteiger partial charge is 0.316 e. The summed E-state index contributed by atoms with van der Waals surface area (Å²) in [4.78, 5) is 17.4. The highest BCUT2D eigenvalue weighted by molar-refractivity contribution is 5.57. The molecule has 26 heavy (non-hydrogen) atoms. The molecule has 0 unspecified atom stereocenters. The van der Waals surface area contributed by atoms with Crippen molar-refractivity contribution in [2.24, 2.45) is 0 Å². The molecule has 1 aliphatic heterocycles. The molecule has 2 heterocycles. The van der Waals surface area contributed by atoms with Crippen LogP contribution in [0.5, 0.6) is 5.75 Å². The molecule has 0 amide bonds. The second-order valence-corrected chi connectivity index (χ2v) is 6.04. The molecular weight excluding hydrogens is 332 g/mol. The Morgan fingerprint density at radius 2 is 1.77 bits per heavy atom. The predicted molar refractivity (Wildman–Crippen MR) is 104 cm³/mol. The van der Waals surface area contributed by atoms with E-state index in [1.165, 1.54) is 4.68 Å². The van der Waals surface area contributed by atoms with Crippen LogP contribution in [0.3, 0.4) is 0 Å². The van der Waals surface area contributed by atoms with E-state index in [9.17, 15) is 4.79 Å². The Bertz CT molecular complexity index is 740. The largest absolute Gasteiger partial charge is 0.484 e. The van der Waals surface area contributed by atoms with E-state index in [4.69, 9.17) is 9.47 Å². The van der Waals surface area contributed by atoms with Crippen LogP contribution in [0.25, 0.3) is 5.69 Å². The van der Waals surface area contributed by atoms with E-state index in [1.807, 2.05) is 30.3 Å². The minimum absolute atomic E-state index is 0. The van der Waals surface area contributed by atoms with Gasteiger partial charge in [0.25, 0.3) is 0 Å². The van der Waals surface area contributed by atoms with Gasteiger partial charge in [-0.2, -0.15) is 9.78 Å².